The summed E-state index contributed by atoms with van der Waals surface area (Å²) in [5, 5.41) is 8.83. The van der Waals surface area contributed by atoms with Crippen LogP contribution < -0.4 is 4.72 Å². The molecule has 0 amide bonds. The van der Waals surface area contributed by atoms with Gasteiger partial charge in [-0.15, -0.1) is 0 Å². The van der Waals surface area contributed by atoms with Crippen molar-refractivity contribution in [1.82, 2.24) is 9.03 Å². The first-order chi connectivity index (χ1) is 6.38. The summed E-state index contributed by atoms with van der Waals surface area (Å²) in [4.78, 5) is 10.8. The van der Waals surface area contributed by atoms with Gasteiger partial charge in [0.05, 0.1) is 5.92 Å². The maximum atomic E-state index is 11.4. The minimum atomic E-state index is -3.47. The number of carbonyl (C=O) groups is 1. The van der Waals surface area contributed by atoms with Gasteiger partial charge in [-0.1, -0.05) is 6.92 Å². The average molecular weight is 222 g/mol. The van der Waals surface area contributed by atoms with E-state index in [0.717, 1.165) is 4.31 Å². The first-order valence-corrected chi connectivity index (χ1v) is 5.82. The van der Waals surface area contributed by atoms with Crippen LogP contribution in [0.3, 0.4) is 0 Å². The molecular weight excluding hydrogens is 208 g/mol. The number of hydrogen-bond acceptors (Lipinski definition) is 3. The van der Waals surface area contributed by atoms with E-state index in [4.69, 9.17) is 5.11 Å². The Kier molecular flexibility index (Phi) is 3.13. The lowest BCUT2D eigenvalue weighted by molar-refractivity contribution is -0.143. The number of nitrogens with one attached hydrogen (secondary N) is 1. The molecule has 7 heteroatoms. The van der Waals surface area contributed by atoms with Crippen LogP contribution in [0, 0.1) is 5.92 Å². The van der Waals surface area contributed by atoms with Crippen molar-refractivity contribution >= 4 is 16.2 Å². The zero-order valence-corrected chi connectivity index (χ0v) is 8.91. The molecule has 0 spiro atoms. The van der Waals surface area contributed by atoms with Crippen LogP contribution in [0.1, 0.15) is 13.8 Å². The highest BCUT2D eigenvalue weighted by molar-refractivity contribution is 7.87. The van der Waals surface area contributed by atoms with Crippen LogP contribution in [0.15, 0.2) is 0 Å². The third-order valence-corrected chi connectivity index (χ3v) is 4.11. The van der Waals surface area contributed by atoms with Crippen molar-refractivity contribution in [1.29, 1.82) is 0 Å². The van der Waals surface area contributed by atoms with Gasteiger partial charge in [0.15, 0.2) is 0 Å². The molecule has 1 saturated heterocycles. The molecule has 2 N–H and O–H groups in total. The maximum absolute atomic E-state index is 11.4. The Morgan fingerprint density at radius 2 is 2.21 bits per heavy atom. The van der Waals surface area contributed by atoms with Gasteiger partial charge < -0.3 is 5.11 Å². The molecule has 1 heterocycles. The van der Waals surface area contributed by atoms with E-state index >= 15 is 0 Å². The van der Waals surface area contributed by atoms with E-state index in [9.17, 15) is 13.2 Å². The summed E-state index contributed by atoms with van der Waals surface area (Å²) >= 11 is 0. The number of hydrogen-bond donors (Lipinski definition) is 2. The predicted octanol–water partition coefficient (Wildman–Crippen LogP) is -0.754. The Bertz CT molecular complexity index is 327. The van der Waals surface area contributed by atoms with Gasteiger partial charge >= 0.3 is 5.97 Å². The van der Waals surface area contributed by atoms with Crippen molar-refractivity contribution in [3.63, 3.8) is 0 Å². The normalized spacial score (nSPS) is 32.7. The minimum Gasteiger partial charge on any atom is -0.481 e. The van der Waals surface area contributed by atoms with Gasteiger partial charge in [-0.2, -0.15) is 17.4 Å². The highest BCUT2D eigenvalue weighted by atomic mass is 32.2. The fraction of sp³-hybridized carbons (Fsp3) is 0.857. The molecule has 0 aromatic rings. The van der Waals surface area contributed by atoms with Gasteiger partial charge in [0, 0.05) is 19.1 Å². The van der Waals surface area contributed by atoms with Crippen LogP contribution in [0.4, 0.5) is 0 Å². The number of aliphatic carboxylic acids is 1. The molecule has 2 atom stereocenters. The Morgan fingerprint density at radius 3 is 2.64 bits per heavy atom. The molecule has 1 fully saturated rings. The van der Waals surface area contributed by atoms with Crippen LogP contribution in [-0.2, 0) is 15.0 Å². The van der Waals surface area contributed by atoms with Crippen molar-refractivity contribution in [2.24, 2.45) is 5.92 Å². The average Bonchev–Trinajstić information content (AvgIpc) is 2.01. The molecule has 2 unspecified atom stereocenters. The van der Waals surface area contributed by atoms with Gasteiger partial charge in [-0.25, -0.2) is 0 Å². The molecule has 0 radical (unpaired) electrons. The third kappa shape index (κ3) is 2.05. The van der Waals surface area contributed by atoms with Crippen LogP contribution in [-0.4, -0.2) is 42.9 Å². The number of carboxylic acid groups (broad SMARTS) is 1. The second kappa shape index (κ2) is 3.84. The zero-order valence-electron chi connectivity index (χ0n) is 8.10. The van der Waals surface area contributed by atoms with E-state index < -0.39 is 28.1 Å². The fourth-order valence-electron chi connectivity index (χ4n) is 1.46. The lowest BCUT2D eigenvalue weighted by atomic mass is 10.0. The summed E-state index contributed by atoms with van der Waals surface area (Å²) in [6.07, 6.45) is 0. The van der Waals surface area contributed by atoms with Crippen molar-refractivity contribution in [2.45, 2.75) is 19.9 Å². The first-order valence-electron chi connectivity index (χ1n) is 4.38. The summed E-state index contributed by atoms with van der Waals surface area (Å²) in [5.74, 6) is -1.66. The van der Waals surface area contributed by atoms with E-state index in [1.165, 1.54) is 0 Å². The largest absolute Gasteiger partial charge is 0.481 e. The maximum Gasteiger partial charge on any atom is 0.309 e. The SMILES string of the molecule is CCN1CC(C(=O)O)C(C)NS1(=O)=O. The molecule has 82 valence electrons. The molecule has 0 aromatic heterocycles. The fourth-order valence-corrected chi connectivity index (χ4v) is 2.94. The molecule has 0 saturated carbocycles. The summed E-state index contributed by atoms with van der Waals surface area (Å²) in [6, 6.07) is -0.555. The number of nitrogens with zero attached hydrogens (tertiary/aromatic N) is 1. The topological polar surface area (TPSA) is 86.7 Å². The Morgan fingerprint density at radius 1 is 1.64 bits per heavy atom. The summed E-state index contributed by atoms with van der Waals surface area (Å²) in [6.45, 7) is 3.56. The van der Waals surface area contributed by atoms with E-state index in [1.54, 1.807) is 13.8 Å². The van der Waals surface area contributed by atoms with Crippen LogP contribution in [0.5, 0.6) is 0 Å². The van der Waals surface area contributed by atoms with Gasteiger partial charge in [-0.3, -0.25) is 4.79 Å². The van der Waals surface area contributed by atoms with Crippen molar-refractivity contribution in [2.75, 3.05) is 13.1 Å². The third-order valence-electron chi connectivity index (χ3n) is 2.35. The summed E-state index contributed by atoms with van der Waals surface area (Å²) < 4.78 is 26.3. The van der Waals surface area contributed by atoms with E-state index in [-0.39, 0.29) is 13.1 Å². The summed E-state index contributed by atoms with van der Waals surface area (Å²) in [7, 11) is -3.47. The molecule has 1 rings (SSSR count). The molecule has 1 aliphatic rings. The first kappa shape index (κ1) is 11.4. The Hall–Kier alpha value is -0.660. The molecule has 14 heavy (non-hydrogen) atoms. The second-order valence-electron chi connectivity index (χ2n) is 3.31. The highest BCUT2D eigenvalue weighted by Gasteiger charge is 2.38. The minimum absolute atomic E-state index is 0.0440. The lowest BCUT2D eigenvalue weighted by Crippen LogP contribution is -2.57. The molecule has 1 aliphatic heterocycles. The van der Waals surface area contributed by atoms with Crippen LogP contribution in [0.2, 0.25) is 0 Å². The van der Waals surface area contributed by atoms with Gasteiger partial charge in [0.1, 0.15) is 0 Å². The zero-order chi connectivity index (χ0) is 10.9. The molecule has 0 bridgehead atoms. The van der Waals surface area contributed by atoms with Crippen LogP contribution in [0.25, 0.3) is 0 Å². The Labute approximate surface area is 83.1 Å². The smallest absolute Gasteiger partial charge is 0.309 e. The number of carboxylic acids is 1. The predicted molar refractivity (Wildman–Crippen MR) is 49.9 cm³/mol. The summed E-state index contributed by atoms with van der Waals surface area (Å²) in [5.41, 5.74) is 0. The van der Waals surface area contributed by atoms with Crippen molar-refractivity contribution in [3.8, 4) is 0 Å². The molecule has 0 aromatic carbocycles. The number of rotatable bonds is 2. The van der Waals surface area contributed by atoms with Gasteiger partial charge in [0.2, 0.25) is 0 Å². The molecular formula is C7H14N2O4S. The van der Waals surface area contributed by atoms with E-state index in [2.05, 4.69) is 4.72 Å². The standard InChI is InChI=1S/C7H14N2O4S/c1-3-9-4-6(7(10)11)5(2)8-14(9,12)13/h5-6,8H,3-4H2,1-2H3,(H,10,11). The molecule has 6 nitrogen and oxygen atoms in total. The quantitative estimate of drug-likeness (QED) is 0.643. The Balaban J connectivity index is 2.88. The van der Waals surface area contributed by atoms with E-state index in [1.807, 2.05) is 0 Å². The monoisotopic (exact) mass is 222 g/mol. The van der Waals surface area contributed by atoms with Gasteiger partial charge in [-0.05, 0) is 6.92 Å². The molecule has 0 aliphatic carbocycles. The van der Waals surface area contributed by atoms with Crippen molar-refractivity contribution in [3.05, 3.63) is 0 Å². The van der Waals surface area contributed by atoms with Crippen LogP contribution >= 0.6 is 0 Å². The van der Waals surface area contributed by atoms with E-state index in [0.29, 0.717) is 0 Å². The van der Waals surface area contributed by atoms with Crippen molar-refractivity contribution < 1.29 is 18.3 Å². The highest BCUT2D eigenvalue weighted by Crippen LogP contribution is 2.16. The second-order valence-corrected chi connectivity index (χ2v) is 5.01. The lowest BCUT2D eigenvalue weighted by Gasteiger charge is -2.34. The van der Waals surface area contributed by atoms with Gasteiger partial charge in [0.25, 0.3) is 10.2 Å².